The number of allylic oxidation sites excluding steroid dienone is 2. The maximum Gasteiger partial charge on any atom is 0.0123 e. The van der Waals surface area contributed by atoms with E-state index in [1.807, 2.05) is 6.92 Å². The van der Waals surface area contributed by atoms with Crippen molar-refractivity contribution in [2.75, 3.05) is 5.33 Å². The maximum atomic E-state index is 3.35. The molecule has 0 aromatic rings. The number of halogens is 1. The van der Waals surface area contributed by atoms with Gasteiger partial charge in [-0.05, 0) is 19.8 Å². The zero-order valence-corrected chi connectivity index (χ0v) is 7.95. The second-order valence-corrected chi connectivity index (χ2v) is 2.71. The van der Waals surface area contributed by atoms with Gasteiger partial charge in [-0.15, -0.1) is 11.8 Å². The smallest absolute Gasteiger partial charge is 0.0123 e. The SMILES string of the molecule is CC#CCC/C=C/CCBr. The van der Waals surface area contributed by atoms with Crippen molar-refractivity contribution in [3.05, 3.63) is 12.2 Å². The third kappa shape index (κ3) is 7.78. The van der Waals surface area contributed by atoms with Crippen LogP contribution in [0.3, 0.4) is 0 Å². The van der Waals surface area contributed by atoms with Crippen molar-refractivity contribution in [1.82, 2.24) is 0 Å². The molecule has 0 radical (unpaired) electrons. The van der Waals surface area contributed by atoms with E-state index in [4.69, 9.17) is 0 Å². The van der Waals surface area contributed by atoms with Gasteiger partial charge in [0.2, 0.25) is 0 Å². The van der Waals surface area contributed by atoms with Gasteiger partial charge in [-0.3, -0.25) is 0 Å². The first-order valence-electron chi connectivity index (χ1n) is 3.52. The Morgan fingerprint density at radius 1 is 1.30 bits per heavy atom. The summed E-state index contributed by atoms with van der Waals surface area (Å²) in [5.74, 6) is 5.88. The van der Waals surface area contributed by atoms with Crippen LogP contribution in [-0.4, -0.2) is 5.33 Å². The molecule has 0 rings (SSSR count). The fourth-order valence-electron chi connectivity index (χ4n) is 0.579. The fraction of sp³-hybridized carbons (Fsp3) is 0.556. The molecule has 0 aromatic heterocycles. The van der Waals surface area contributed by atoms with Crippen molar-refractivity contribution in [3.8, 4) is 11.8 Å². The van der Waals surface area contributed by atoms with Crippen molar-refractivity contribution < 1.29 is 0 Å². The van der Waals surface area contributed by atoms with Crippen LogP contribution in [0.5, 0.6) is 0 Å². The zero-order chi connectivity index (χ0) is 7.66. The van der Waals surface area contributed by atoms with E-state index in [0.29, 0.717) is 0 Å². The van der Waals surface area contributed by atoms with Gasteiger partial charge in [-0.1, -0.05) is 28.1 Å². The molecule has 0 aromatic carbocycles. The van der Waals surface area contributed by atoms with Crippen molar-refractivity contribution in [3.63, 3.8) is 0 Å². The number of hydrogen-bond acceptors (Lipinski definition) is 0. The maximum absolute atomic E-state index is 3.35. The Morgan fingerprint density at radius 3 is 2.60 bits per heavy atom. The van der Waals surface area contributed by atoms with Gasteiger partial charge >= 0.3 is 0 Å². The minimum Gasteiger partial charge on any atom is -0.107 e. The molecule has 0 amide bonds. The lowest BCUT2D eigenvalue weighted by atomic mass is 10.3. The predicted molar refractivity (Wildman–Crippen MR) is 50.2 cm³/mol. The average Bonchev–Trinajstić information content (AvgIpc) is 1.97. The normalized spacial score (nSPS) is 9.40. The number of alkyl halides is 1. The standard InChI is InChI=1S/C9H13Br/c1-2-3-4-5-6-7-8-9-10/h6-7H,4-5,8-9H2,1H3/b7-6+. The zero-order valence-electron chi connectivity index (χ0n) is 6.36. The molecule has 10 heavy (non-hydrogen) atoms. The lowest BCUT2D eigenvalue weighted by Gasteiger charge is -1.83. The van der Waals surface area contributed by atoms with Crippen LogP contribution in [0.2, 0.25) is 0 Å². The fourth-order valence-corrected chi connectivity index (χ4v) is 0.844. The minimum atomic E-state index is 0.995. The summed E-state index contributed by atoms with van der Waals surface area (Å²) in [5, 5.41) is 1.06. The molecule has 0 aliphatic rings. The Kier molecular flexibility index (Phi) is 8.59. The Labute approximate surface area is 71.8 Å². The van der Waals surface area contributed by atoms with Crippen molar-refractivity contribution in [2.45, 2.75) is 26.2 Å². The van der Waals surface area contributed by atoms with Crippen LogP contribution >= 0.6 is 15.9 Å². The van der Waals surface area contributed by atoms with Crippen LogP contribution in [0, 0.1) is 11.8 Å². The summed E-state index contributed by atoms with van der Waals surface area (Å²) >= 11 is 3.35. The highest BCUT2D eigenvalue weighted by molar-refractivity contribution is 9.09. The predicted octanol–water partition coefficient (Wildman–Crippen LogP) is 3.13. The van der Waals surface area contributed by atoms with Crippen LogP contribution in [0.4, 0.5) is 0 Å². The van der Waals surface area contributed by atoms with Gasteiger partial charge in [0.1, 0.15) is 0 Å². The van der Waals surface area contributed by atoms with E-state index in [2.05, 4.69) is 39.9 Å². The monoisotopic (exact) mass is 200 g/mol. The van der Waals surface area contributed by atoms with Gasteiger partial charge in [-0.25, -0.2) is 0 Å². The lowest BCUT2D eigenvalue weighted by molar-refractivity contribution is 1.07. The number of unbranched alkanes of at least 4 members (excludes halogenated alkanes) is 1. The van der Waals surface area contributed by atoms with Crippen molar-refractivity contribution in [2.24, 2.45) is 0 Å². The van der Waals surface area contributed by atoms with Gasteiger partial charge in [0.25, 0.3) is 0 Å². The van der Waals surface area contributed by atoms with Crippen LogP contribution < -0.4 is 0 Å². The Bertz CT molecular complexity index is 137. The summed E-state index contributed by atoms with van der Waals surface area (Å²) in [7, 11) is 0. The number of hydrogen-bond donors (Lipinski definition) is 0. The molecular formula is C9H13Br. The molecule has 0 aliphatic carbocycles. The molecule has 0 nitrogen and oxygen atoms in total. The largest absolute Gasteiger partial charge is 0.107 e. The minimum absolute atomic E-state index is 0.995. The van der Waals surface area contributed by atoms with Gasteiger partial charge in [0.05, 0.1) is 0 Å². The molecule has 0 spiro atoms. The van der Waals surface area contributed by atoms with Crippen LogP contribution in [-0.2, 0) is 0 Å². The summed E-state index contributed by atoms with van der Waals surface area (Å²) in [5.41, 5.74) is 0. The van der Waals surface area contributed by atoms with Crippen LogP contribution in [0.15, 0.2) is 12.2 Å². The van der Waals surface area contributed by atoms with Crippen LogP contribution in [0.25, 0.3) is 0 Å². The third-order valence-corrected chi connectivity index (χ3v) is 1.51. The van der Waals surface area contributed by atoms with E-state index in [1.54, 1.807) is 0 Å². The molecule has 0 unspecified atom stereocenters. The third-order valence-electron chi connectivity index (χ3n) is 1.06. The lowest BCUT2D eigenvalue weighted by Crippen LogP contribution is -1.67. The summed E-state index contributed by atoms with van der Waals surface area (Å²) in [6, 6.07) is 0. The second-order valence-electron chi connectivity index (χ2n) is 1.91. The van der Waals surface area contributed by atoms with Gasteiger partial charge in [0.15, 0.2) is 0 Å². The first-order valence-corrected chi connectivity index (χ1v) is 4.64. The van der Waals surface area contributed by atoms with Crippen molar-refractivity contribution in [1.29, 1.82) is 0 Å². The molecule has 1 heteroatoms. The van der Waals surface area contributed by atoms with Crippen LogP contribution in [0.1, 0.15) is 26.2 Å². The van der Waals surface area contributed by atoms with Crippen molar-refractivity contribution >= 4 is 15.9 Å². The molecule has 56 valence electrons. The van der Waals surface area contributed by atoms with E-state index in [1.165, 1.54) is 0 Å². The summed E-state index contributed by atoms with van der Waals surface area (Å²) in [6.07, 6.45) is 7.58. The number of rotatable bonds is 4. The summed E-state index contributed by atoms with van der Waals surface area (Å²) in [4.78, 5) is 0. The summed E-state index contributed by atoms with van der Waals surface area (Å²) in [6.45, 7) is 1.88. The highest BCUT2D eigenvalue weighted by Crippen LogP contribution is 1.93. The molecule has 0 aliphatic heterocycles. The van der Waals surface area contributed by atoms with Gasteiger partial charge in [0, 0.05) is 11.8 Å². The van der Waals surface area contributed by atoms with E-state index < -0.39 is 0 Å². The molecule has 0 saturated heterocycles. The Balaban J connectivity index is 3.07. The first kappa shape index (κ1) is 9.78. The second kappa shape index (κ2) is 8.78. The van der Waals surface area contributed by atoms with E-state index in [-0.39, 0.29) is 0 Å². The van der Waals surface area contributed by atoms with E-state index >= 15 is 0 Å². The highest BCUT2D eigenvalue weighted by Gasteiger charge is 1.75. The molecule has 0 heterocycles. The molecular weight excluding hydrogens is 188 g/mol. The molecule has 0 saturated carbocycles. The molecule has 0 bridgehead atoms. The summed E-state index contributed by atoms with van der Waals surface area (Å²) < 4.78 is 0. The molecule has 0 atom stereocenters. The first-order chi connectivity index (χ1) is 4.91. The Hall–Kier alpha value is -0.220. The van der Waals surface area contributed by atoms with E-state index in [0.717, 1.165) is 24.6 Å². The van der Waals surface area contributed by atoms with E-state index in [9.17, 15) is 0 Å². The highest BCUT2D eigenvalue weighted by atomic mass is 79.9. The quantitative estimate of drug-likeness (QED) is 0.283. The topological polar surface area (TPSA) is 0 Å². The van der Waals surface area contributed by atoms with Gasteiger partial charge in [-0.2, -0.15) is 0 Å². The Morgan fingerprint density at radius 2 is 2.00 bits per heavy atom. The average molecular weight is 201 g/mol. The molecule has 0 fully saturated rings. The van der Waals surface area contributed by atoms with Gasteiger partial charge < -0.3 is 0 Å². The molecule has 0 N–H and O–H groups in total.